The van der Waals surface area contributed by atoms with Crippen molar-refractivity contribution < 1.29 is 27.4 Å². The third-order valence-corrected chi connectivity index (χ3v) is 9.17. The Hall–Kier alpha value is -3.49. The Bertz CT molecular complexity index is 1550. The zero-order valence-electron chi connectivity index (χ0n) is 25.0. The van der Waals surface area contributed by atoms with Crippen LogP contribution >= 0.6 is 0 Å². The number of benzene rings is 2. The molecule has 7 nitrogen and oxygen atoms in total. The van der Waals surface area contributed by atoms with Crippen LogP contribution in [0.2, 0.25) is 0 Å². The number of unbranched alkanes of at least 4 members (excludes halogenated alkanes) is 2. The predicted octanol–water partition coefficient (Wildman–Crippen LogP) is 6.44. The molecule has 0 radical (unpaired) electrons. The van der Waals surface area contributed by atoms with E-state index >= 15 is 0 Å². The Kier molecular flexibility index (Phi) is 9.58. The number of carbonyl (C=O) groups is 1. The Labute approximate surface area is 250 Å². The summed E-state index contributed by atoms with van der Waals surface area (Å²) in [6, 6.07) is 16.6. The number of allylic oxidation sites excluding steroid dienone is 6. The Morgan fingerprint density at radius 1 is 0.905 bits per heavy atom. The molecular weight excluding hydrogens is 548 g/mol. The number of hydrogen-bond donors (Lipinski definition) is 1. The van der Waals surface area contributed by atoms with Crippen molar-refractivity contribution in [1.29, 1.82) is 0 Å². The molecule has 0 unspecified atom stereocenters. The van der Waals surface area contributed by atoms with Gasteiger partial charge in [0.2, 0.25) is 5.69 Å². The molecule has 4 rings (SSSR count). The standard InChI is InChI=1S/C34H42N2O5S/c1-33(2)26-16-10-12-18-28(26)35(23-14-6-9-22-32(37)38)30(33)20-7-5-8-21-31-34(3,4)27-17-11-13-19-29(27)36(31)24-15-25-42(39,40)41/h5,7-8,10-13,16-21H,6,9,14-15,22-25H2,1-4H3,(H-,37,38,39,40,41). The molecule has 0 bridgehead atoms. The Balaban J connectivity index is 1.56. The number of fused-ring (bicyclic) bond motifs is 2. The van der Waals surface area contributed by atoms with Gasteiger partial charge in [0, 0.05) is 59.6 Å². The predicted molar refractivity (Wildman–Crippen MR) is 168 cm³/mol. The fraction of sp³-hybridized carbons (Fsp3) is 0.412. The first kappa shape index (κ1) is 31.4. The molecule has 0 aromatic heterocycles. The molecule has 0 spiro atoms. The van der Waals surface area contributed by atoms with Gasteiger partial charge < -0.3 is 14.6 Å². The molecule has 0 saturated carbocycles. The van der Waals surface area contributed by atoms with Crippen LogP contribution in [-0.4, -0.2) is 53.2 Å². The zero-order chi connectivity index (χ0) is 30.5. The van der Waals surface area contributed by atoms with Gasteiger partial charge in [-0.2, -0.15) is 4.58 Å². The SMILES string of the molecule is CC1(C)C(/C=C/C=C/C=C2/N(CCCCCC(=O)O)c3ccccc3C2(C)C)=[N+](CCCS(=O)(=O)[O-])c2ccccc21. The normalized spacial score (nSPS) is 18.4. The largest absolute Gasteiger partial charge is 0.748 e. The summed E-state index contributed by atoms with van der Waals surface area (Å²) in [5, 5.41) is 8.96. The summed E-state index contributed by atoms with van der Waals surface area (Å²) in [6.07, 6.45) is 13.3. The fourth-order valence-electron chi connectivity index (χ4n) is 6.24. The molecule has 2 aliphatic heterocycles. The van der Waals surface area contributed by atoms with Crippen molar-refractivity contribution in [3.05, 3.63) is 95.7 Å². The number of hydrogen-bond acceptors (Lipinski definition) is 5. The van der Waals surface area contributed by atoms with Crippen molar-refractivity contribution in [2.24, 2.45) is 0 Å². The molecule has 2 aliphatic rings. The first-order chi connectivity index (χ1) is 19.8. The van der Waals surface area contributed by atoms with Gasteiger partial charge in [-0.25, -0.2) is 8.42 Å². The van der Waals surface area contributed by atoms with Gasteiger partial charge in [-0.05, 0) is 44.4 Å². The molecule has 224 valence electrons. The summed E-state index contributed by atoms with van der Waals surface area (Å²) in [4.78, 5) is 13.3. The Morgan fingerprint density at radius 3 is 2.31 bits per heavy atom. The van der Waals surface area contributed by atoms with Crippen molar-refractivity contribution in [1.82, 2.24) is 0 Å². The number of nitrogens with zero attached hydrogens (tertiary/aromatic N) is 2. The molecule has 2 heterocycles. The number of para-hydroxylation sites is 2. The van der Waals surface area contributed by atoms with Crippen molar-refractivity contribution in [2.45, 2.75) is 70.6 Å². The highest BCUT2D eigenvalue weighted by Crippen LogP contribution is 2.47. The van der Waals surface area contributed by atoms with Crippen LogP contribution in [0.25, 0.3) is 0 Å². The molecule has 0 amide bonds. The van der Waals surface area contributed by atoms with E-state index in [0.717, 1.165) is 30.8 Å². The van der Waals surface area contributed by atoms with Crippen LogP contribution in [0.1, 0.15) is 70.9 Å². The maximum Gasteiger partial charge on any atom is 0.303 e. The lowest BCUT2D eigenvalue weighted by molar-refractivity contribution is -0.437. The topological polar surface area (TPSA) is 101 Å². The number of carboxylic acid groups (broad SMARTS) is 1. The minimum atomic E-state index is -4.27. The van der Waals surface area contributed by atoms with E-state index in [1.807, 2.05) is 30.4 Å². The van der Waals surface area contributed by atoms with Crippen LogP contribution in [0.3, 0.4) is 0 Å². The summed E-state index contributed by atoms with van der Waals surface area (Å²) in [7, 11) is -4.27. The van der Waals surface area contributed by atoms with Gasteiger partial charge in [0.25, 0.3) is 0 Å². The molecule has 0 aliphatic carbocycles. The van der Waals surface area contributed by atoms with Crippen LogP contribution in [0.5, 0.6) is 0 Å². The van der Waals surface area contributed by atoms with E-state index < -0.39 is 16.1 Å². The average molecular weight is 591 g/mol. The molecule has 0 atom stereocenters. The first-order valence-corrected chi connectivity index (χ1v) is 16.2. The molecule has 1 N–H and O–H groups in total. The number of carboxylic acids is 1. The van der Waals surface area contributed by atoms with Gasteiger partial charge in [-0.1, -0.05) is 74.9 Å². The maximum absolute atomic E-state index is 11.2. The third-order valence-electron chi connectivity index (χ3n) is 8.38. The van der Waals surface area contributed by atoms with Crippen LogP contribution in [0, 0.1) is 0 Å². The minimum absolute atomic E-state index is 0.172. The molecule has 42 heavy (non-hydrogen) atoms. The van der Waals surface area contributed by atoms with Crippen LogP contribution in [0.15, 0.2) is 84.6 Å². The van der Waals surface area contributed by atoms with Gasteiger partial charge in [-0.3, -0.25) is 4.79 Å². The van der Waals surface area contributed by atoms with Crippen LogP contribution < -0.4 is 4.90 Å². The maximum atomic E-state index is 11.2. The highest BCUT2D eigenvalue weighted by Gasteiger charge is 2.44. The summed E-state index contributed by atoms with van der Waals surface area (Å²) in [6.45, 7) is 10.1. The Morgan fingerprint density at radius 2 is 1.60 bits per heavy atom. The van der Waals surface area contributed by atoms with E-state index in [4.69, 9.17) is 5.11 Å². The molecule has 0 fully saturated rings. The van der Waals surface area contributed by atoms with Crippen molar-refractivity contribution in [3.8, 4) is 0 Å². The molecule has 2 aromatic carbocycles. The van der Waals surface area contributed by atoms with Crippen LogP contribution in [0.4, 0.5) is 11.4 Å². The second-order valence-corrected chi connectivity index (χ2v) is 13.6. The first-order valence-electron chi connectivity index (χ1n) is 14.7. The molecular formula is C34H42N2O5S. The second kappa shape index (κ2) is 12.8. The summed E-state index contributed by atoms with van der Waals surface area (Å²) >= 11 is 0. The summed E-state index contributed by atoms with van der Waals surface area (Å²) in [5.41, 5.74) is 6.51. The van der Waals surface area contributed by atoms with E-state index in [1.54, 1.807) is 0 Å². The van der Waals surface area contributed by atoms with Gasteiger partial charge >= 0.3 is 5.97 Å². The summed E-state index contributed by atoms with van der Waals surface area (Å²) in [5.74, 6) is -1.13. The smallest absolute Gasteiger partial charge is 0.303 e. The van der Waals surface area contributed by atoms with Crippen molar-refractivity contribution in [2.75, 3.05) is 23.7 Å². The van der Waals surface area contributed by atoms with E-state index in [-0.39, 0.29) is 29.4 Å². The molecule has 0 saturated heterocycles. The van der Waals surface area contributed by atoms with Gasteiger partial charge in [0.1, 0.15) is 6.54 Å². The lowest BCUT2D eigenvalue weighted by Gasteiger charge is -2.27. The van der Waals surface area contributed by atoms with E-state index in [9.17, 15) is 17.8 Å². The van der Waals surface area contributed by atoms with Crippen molar-refractivity contribution >= 4 is 33.2 Å². The minimum Gasteiger partial charge on any atom is -0.748 e. The van der Waals surface area contributed by atoms with Crippen molar-refractivity contribution in [3.63, 3.8) is 0 Å². The zero-order valence-corrected chi connectivity index (χ0v) is 25.9. The quantitative estimate of drug-likeness (QED) is 0.125. The number of rotatable bonds is 13. The van der Waals surface area contributed by atoms with Gasteiger partial charge in [0.15, 0.2) is 5.71 Å². The van der Waals surface area contributed by atoms with Gasteiger partial charge in [-0.15, -0.1) is 0 Å². The third kappa shape index (κ3) is 6.93. The second-order valence-electron chi connectivity index (χ2n) is 12.1. The van der Waals surface area contributed by atoms with E-state index in [0.29, 0.717) is 13.0 Å². The number of aliphatic carboxylic acids is 1. The average Bonchev–Trinajstić information content (AvgIpc) is 3.27. The monoisotopic (exact) mass is 590 g/mol. The highest BCUT2D eigenvalue weighted by molar-refractivity contribution is 7.85. The van der Waals surface area contributed by atoms with Gasteiger partial charge in [0.05, 0.1) is 15.5 Å². The number of anilines is 1. The highest BCUT2D eigenvalue weighted by atomic mass is 32.2. The lowest BCUT2D eigenvalue weighted by Crippen LogP contribution is -2.28. The molecule has 2 aromatic rings. The fourth-order valence-corrected chi connectivity index (χ4v) is 6.73. The molecule has 8 heteroatoms. The van der Waals surface area contributed by atoms with Crippen LogP contribution in [-0.2, 0) is 25.7 Å². The van der Waals surface area contributed by atoms with E-state index in [1.165, 1.54) is 22.5 Å². The summed E-state index contributed by atoms with van der Waals surface area (Å²) < 4.78 is 35.8. The lowest BCUT2D eigenvalue weighted by atomic mass is 9.81. The van der Waals surface area contributed by atoms with E-state index in [2.05, 4.69) is 85.7 Å².